The SMILES string of the molecule is CC(O)CCC/C=C/NC(=O)C1CC1. The monoisotopic (exact) mass is 197 g/mol. The molecule has 3 nitrogen and oxygen atoms in total. The number of amides is 1. The van der Waals surface area contributed by atoms with Crippen LogP contribution in [0.3, 0.4) is 0 Å². The molecule has 0 spiro atoms. The lowest BCUT2D eigenvalue weighted by Gasteiger charge is -2.00. The van der Waals surface area contributed by atoms with Gasteiger partial charge in [-0.3, -0.25) is 4.79 Å². The predicted octanol–water partition coefficient (Wildman–Crippen LogP) is 1.58. The highest BCUT2D eigenvalue weighted by Crippen LogP contribution is 2.28. The van der Waals surface area contributed by atoms with E-state index < -0.39 is 0 Å². The molecule has 80 valence electrons. The molecular formula is C11H19NO2. The Morgan fingerprint density at radius 1 is 1.64 bits per heavy atom. The van der Waals surface area contributed by atoms with Crippen LogP contribution in [0.4, 0.5) is 0 Å². The second-order valence-corrected chi connectivity index (χ2v) is 3.97. The molecule has 0 aromatic rings. The summed E-state index contributed by atoms with van der Waals surface area (Å²) in [5.74, 6) is 0.425. The lowest BCUT2D eigenvalue weighted by atomic mass is 10.2. The molecule has 1 rings (SSSR count). The molecule has 2 N–H and O–H groups in total. The minimum absolute atomic E-state index is 0.150. The molecule has 1 aliphatic rings. The summed E-state index contributed by atoms with van der Waals surface area (Å²) in [6.07, 6.45) is 8.24. The minimum atomic E-state index is -0.218. The van der Waals surface area contributed by atoms with Crippen molar-refractivity contribution >= 4 is 5.91 Å². The summed E-state index contributed by atoms with van der Waals surface area (Å²) in [7, 11) is 0. The van der Waals surface area contributed by atoms with Crippen LogP contribution in [0.2, 0.25) is 0 Å². The number of carbonyl (C=O) groups excluding carboxylic acids is 1. The maximum atomic E-state index is 11.1. The van der Waals surface area contributed by atoms with Gasteiger partial charge in [0.25, 0.3) is 0 Å². The van der Waals surface area contributed by atoms with Gasteiger partial charge < -0.3 is 10.4 Å². The molecule has 1 unspecified atom stereocenters. The number of allylic oxidation sites excluding steroid dienone is 1. The summed E-state index contributed by atoms with van der Waals surface area (Å²) in [5, 5.41) is 11.7. The normalized spacial score (nSPS) is 18.4. The molecule has 3 heteroatoms. The first kappa shape index (κ1) is 11.2. The standard InChI is InChI=1S/C11H19NO2/c1-9(13)5-3-2-4-8-12-11(14)10-6-7-10/h4,8-10,13H,2-3,5-7H2,1H3,(H,12,14)/b8-4+. The fourth-order valence-electron chi connectivity index (χ4n) is 1.22. The predicted molar refractivity (Wildman–Crippen MR) is 55.5 cm³/mol. The number of unbranched alkanes of at least 4 members (excludes halogenated alkanes) is 1. The summed E-state index contributed by atoms with van der Waals surface area (Å²) >= 11 is 0. The smallest absolute Gasteiger partial charge is 0.227 e. The van der Waals surface area contributed by atoms with Crippen molar-refractivity contribution in [2.24, 2.45) is 5.92 Å². The van der Waals surface area contributed by atoms with E-state index in [0.29, 0.717) is 0 Å². The lowest BCUT2D eigenvalue weighted by Crippen LogP contribution is -2.18. The van der Waals surface area contributed by atoms with Crippen LogP contribution in [0.1, 0.15) is 39.0 Å². The van der Waals surface area contributed by atoms with E-state index in [-0.39, 0.29) is 17.9 Å². The summed E-state index contributed by atoms with van der Waals surface area (Å²) in [6.45, 7) is 1.79. The Balaban J connectivity index is 1.94. The molecule has 14 heavy (non-hydrogen) atoms. The van der Waals surface area contributed by atoms with Crippen molar-refractivity contribution in [2.45, 2.75) is 45.1 Å². The third-order valence-electron chi connectivity index (χ3n) is 2.28. The van der Waals surface area contributed by atoms with Gasteiger partial charge in [0.05, 0.1) is 6.10 Å². The number of aliphatic hydroxyl groups is 1. The van der Waals surface area contributed by atoms with Crippen molar-refractivity contribution in [1.29, 1.82) is 0 Å². The van der Waals surface area contributed by atoms with Crippen LogP contribution < -0.4 is 5.32 Å². The van der Waals surface area contributed by atoms with Gasteiger partial charge in [-0.25, -0.2) is 0 Å². The van der Waals surface area contributed by atoms with Gasteiger partial charge in [-0.1, -0.05) is 6.08 Å². The van der Waals surface area contributed by atoms with Crippen molar-refractivity contribution < 1.29 is 9.90 Å². The van der Waals surface area contributed by atoms with E-state index in [9.17, 15) is 4.79 Å². The first-order valence-corrected chi connectivity index (χ1v) is 5.33. The second-order valence-electron chi connectivity index (χ2n) is 3.97. The molecule has 1 saturated carbocycles. The second kappa shape index (κ2) is 5.81. The number of hydrogen-bond acceptors (Lipinski definition) is 2. The zero-order chi connectivity index (χ0) is 10.4. The highest BCUT2D eigenvalue weighted by atomic mass is 16.3. The number of carbonyl (C=O) groups is 1. The Morgan fingerprint density at radius 3 is 2.93 bits per heavy atom. The number of nitrogens with one attached hydrogen (secondary N) is 1. The van der Waals surface area contributed by atoms with Gasteiger partial charge in [-0.2, -0.15) is 0 Å². The van der Waals surface area contributed by atoms with Gasteiger partial charge in [-0.05, 0) is 45.2 Å². The molecule has 0 radical (unpaired) electrons. The van der Waals surface area contributed by atoms with E-state index in [1.54, 1.807) is 13.1 Å². The van der Waals surface area contributed by atoms with Crippen LogP contribution >= 0.6 is 0 Å². The van der Waals surface area contributed by atoms with Gasteiger partial charge in [0.15, 0.2) is 0 Å². The molecule has 1 amide bonds. The van der Waals surface area contributed by atoms with Gasteiger partial charge in [-0.15, -0.1) is 0 Å². The average molecular weight is 197 g/mol. The van der Waals surface area contributed by atoms with E-state index in [2.05, 4.69) is 5.32 Å². The van der Waals surface area contributed by atoms with Crippen LogP contribution in [0.15, 0.2) is 12.3 Å². The lowest BCUT2D eigenvalue weighted by molar-refractivity contribution is -0.121. The molecule has 0 aromatic carbocycles. The Morgan fingerprint density at radius 2 is 2.36 bits per heavy atom. The van der Waals surface area contributed by atoms with E-state index in [4.69, 9.17) is 5.11 Å². The van der Waals surface area contributed by atoms with Gasteiger partial charge in [0.2, 0.25) is 5.91 Å². The Hall–Kier alpha value is -0.830. The number of rotatable bonds is 6. The number of aliphatic hydroxyl groups excluding tert-OH is 1. The van der Waals surface area contributed by atoms with Gasteiger partial charge in [0, 0.05) is 5.92 Å². The van der Waals surface area contributed by atoms with Crippen LogP contribution in [-0.4, -0.2) is 17.1 Å². The third kappa shape index (κ3) is 5.02. The maximum Gasteiger partial charge on any atom is 0.227 e. The Labute approximate surface area is 85.2 Å². The van der Waals surface area contributed by atoms with Gasteiger partial charge >= 0.3 is 0 Å². The molecule has 0 aliphatic heterocycles. The first-order chi connectivity index (χ1) is 6.70. The molecule has 1 fully saturated rings. The zero-order valence-corrected chi connectivity index (χ0v) is 8.70. The van der Waals surface area contributed by atoms with Crippen molar-refractivity contribution in [3.63, 3.8) is 0 Å². The van der Waals surface area contributed by atoms with E-state index in [1.807, 2.05) is 6.08 Å². The van der Waals surface area contributed by atoms with Crippen LogP contribution in [-0.2, 0) is 4.79 Å². The van der Waals surface area contributed by atoms with Crippen LogP contribution in [0.25, 0.3) is 0 Å². The summed E-state index contributed by atoms with van der Waals surface area (Å²) in [6, 6.07) is 0. The highest BCUT2D eigenvalue weighted by molar-refractivity contribution is 5.81. The summed E-state index contributed by atoms with van der Waals surface area (Å²) in [5.41, 5.74) is 0. The molecule has 1 atom stereocenters. The third-order valence-corrected chi connectivity index (χ3v) is 2.28. The van der Waals surface area contributed by atoms with E-state index in [1.165, 1.54) is 0 Å². The fraction of sp³-hybridized carbons (Fsp3) is 0.727. The number of hydrogen-bond donors (Lipinski definition) is 2. The molecule has 1 aliphatic carbocycles. The van der Waals surface area contributed by atoms with Crippen molar-refractivity contribution in [3.05, 3.63) is 12.3 Å². The molecular weight excluding hydrogens is 178 g/mol. The summed E-state index contributed by atoms with van der Waals surface area (Å²) < 4.78 is 0. The van der Waals surface area contributed by atoms with Crippen molar-refractivity contribution in [2.75, 3.05) is 0 Å². The van der Waals surface area contributed by atoms with Crippen LogP contribution in [0.5, 0.6) is 0 Å². The van der Waals surface area contributed by atoms with Crippen molar-refractivity contribution in [1.82, 2.24) is 5.32 Å². The van der Waals surface area contributed by atoms with Gasteiger partial charge in [0.1, 0.15) is 0 Å². The highest BCUT2D eigenvalue weighted by Gasteiger charge is 2.28. The quantitative estimate of drug-likeness (QED) is 0.635. The zero-order valence-electron chi connectivity index (χ0n) is 8.70. The molecule has 0 saturated heterocycles. The van der Waals surface area contributed by atoms with E-state index >= 15 is 0 Å². The van der Waals surface area contributed by atoms with E-state index in [0.717, 1.165) is 32.1 Å². The minimum Gasteiger partial charge on any atom is -0.393 e. The van der Waals surface area contributed by atoms with Crippen molar-refractivity contribution in [3.8, 4) is 0 Å². The fourth-order valence-corrected chi connectivity index (χ4v) is 1.22. The Bertz CT molecular complexity index is 207. The molecule has 0 heterocycles. The van der Waals surface area contributed by atoms with Crippen LogP contribution in [0, 0.1) is 5.92 Å². The topological polar surface area (TPSA) is 49.3 Å². The molecule has 0 bridgehead atoms. The Kier molecular flexibility index (Phi) is 4.66. The largest absolute Gasteiger partial charge is 0.393 e. The molecule has 0 aromatic heterocycles. The first-order valence-electron chi connectivity index (χ1n) is 5.33. The summed E-state index contributed by atoms with van der Waals surface area (Å²) in [4.78, 5) is 11.1. The maximum absolute atomic E-state index is 11.1. The average Bonchev–Trinajstić information content (AvgIpc) is 2.92.